The molecule has 0 bridgehead atoms. The Labute approximate surface area is 145 Å². The molecule has 3 rings (SSSR count). The van der Waals surface area contributed by atoms with Gasteiger partial charge in [0, 0.05) is 19.3 Å². The highest BCUT2D eigenvalue weighted by atomic mass is 19.4. The Hall–Kier alpha value is -2.32. The van der Waals surface area contributed by atoms with E-state index in [9.17, 15) is 26.3 Å². The molecule has 1 aromatic carbocycles. The highest BCUT2D eigenvalue weighted by Gasteiger charge is 2.36. The third-order valence-corrected chi connectivity index (χ3v) is 4.42. The smallest absolute Gasteiger partial charge is 0.341 e. The summed E-state index contributed by atoms with van der Waals surface area (Å²) in [5, 5.41) is 0. The monoisotopic (exact) mass is 375 g/mol. The van der Waals surface area contributed by atoms with Crippen LogP contribution in [0.3, 0.4) is 0 Å². The van der Waals surface area contributed by atoms with Crippen LogP contribution < -0.4 is 4.90 Å². The lowest BCUT2D eigenvalue weighted by Gasteiger charge is -2.33. The number of hydrogen-bond acceptors (Lipinski definition) is 3. The Balaban J connectivity index is 1.75. The molecular weight excluding hydrogens is 360 g/mol. The first kappa shape index (κ1) is 18.5. The minimum absolute atomic E-state index is 0.0534. The maximum Gasteiger partial charge on any atom is 0.433 e. The lowest BCUT2D eigenvalue weighted by Crippen LogP contribution is -2.35. The highest BCUT2D eigenvalue weighted by Crippen LogP contribution is 2.39. The molecule has 2 aromatic rings. The Morgan fingerprint density at radius 3 is 2.15 bits per heavy atom. The van der Waals surface area contributed by atoms with Gasteiger partial charge in [-0.25, -0.2) is 9.97 Å². The number of anilines is 1. The van der Waals surface area contributed by atoms with Crippen molar-refractivity contribution in [3.63, 3.8) is 0 Å². The minimum Gasteiger partial charge on any atom is -0.341 e. The first-order valence-corrected chi connectivity index (χ1v) is 7.97. The summed E-state index contributed by atoms with van der Waals surface area (Å²) in [5.74, 6) is -0.364. The summed E-state index contributed by atoms with van der Waals surface area (Å²) in [6, 6.07) is 6.21. The molecule has 1 saturated heterocycles. The molecule has 2 heterocycles. The van der Waals surface area contributed by atoms with Crippen molar-refractivity contribution in [1.29, 1.82) is 0 Å². The van der Waals surface area contributed by atoms with Gasteiger partial charge in [-0.05, 0) is 36.5 Å². The number of nitrogens with zero attached hydrogens (tertiary/aromatic N) is 3. The number of aromatic nitrogens is 2. The van der Waals surface area contributed by atoms with Crippen LogP contribution in [0, 0.1) is 0 Å². The van der Waals surface area contributed by atoms with Crippen LogP contribution in [0.1, 0.15) is 35.6 Å². The number of benzene rings is 1. The molecule has 1 aliphatic heterocycles. The van der Waals surface area contributed by atoms with Gasteiger partial charge >= 0.3 is 12.4 Å². The fraction of sp³-hybridized carbons (Fsp3) is 0.412. The van der Waals surface area contributed by atoms with Gasteiger partial charge in [0.05, 0.1) is 5.56 Å². The fourth-order valence-electron chi connectivity index (χ4n) is 3.16. The summed E-state index contributed by atoms with van der Waals surface area (Å²) in [7, 11) is 0. The van der Waals surface area contributed by atoms with Gasteiger partial charge in [0.15, 0.2) is 0 Å². The van der Waals surface area contributed by atoms with Gasteiger partial charge < -0.3 is 4.90 Å². The standard InChI is InChI=1S/C17H15F6N3/c18-16(19,20)13-4-2-1-3-12(13)11-6-9-26(10-7-11)15-24-8-5-14(25-15)17(21,22)23/h1-5,8,11H,6-7,9-10H2. The average Bonchev–Trinajstić information content (AvgIpc) is 2.61. The van der Waals surface area contributed by atoms with Gasteiger partial charge in [0.1, 0.15) is 5.69 Å². The second kappa shape index (κ2) is 6.77. The Bertz CT molecular complexity index is 764. The van der Waals surface area contributed by atoms with Crippen LogP contribution in [0.25, 0.3) is 0 Å². The Morgan fingerprint density at radius 2 is 1.54 bits per heavy atom. The van der Waals surface area contributed by atoms with Crippen LogP contribution >= 0.6 is 0 Å². The highest BCUT2D eigenvalue weighted by molar-refractivity contribution is 5.36. The van der Waals surface area contributed by atoms with Crippen molar-refractivity contribution in [3.05, 3.63) is 53.3 Å². The van der Waals surface area contributed by atoms with E-state index in [1.54, 1.807) is 11.0 Å². The molecule has 26 heavy (non-hydrogen) atoms. The summed E-state index contributed by atoms with van der Waals surface area (Å²) >= 11 is 0. The SMILES string of the molecule is FC(F)(F)c1ccnc(N2CCC(c3ccccc3C(F)(F)F)CC2)n1. The molecular formula is C17H15F6N3. The zero-order chi connectivity index (χ0) is 18.9. The number of halogens is 6. The van der Waals surface area contributed by atoms with Crippen LogP contribution in [0.15, 0.2) is 36.5 Å². The Morgan fingerprint density at radius 1 is 0.885 bits per heavy atom. The second-order valence-electron chi connectivity index (χ2n) is 6.09. The van der Waals surface area contributed by atoms with Crippen LogP contribution in [-0.2, 0) is 12.4 Å². The van der Waals surface area contributed by atoms with Crippen LogP contribution in [0.5, 0.6) is 0 Å². The molecule has 0 spiro atoms. The summed E-state index contributed by atoms with van der Waals surface area (Å²) in [6.07, 6.45) is -7.20. The zero-order valence-electron chi connectivity index (χ0n) is 13.5. The first-order chi connectivity index (χ1) is 12.2. The largest absolute Gasteiger partial charge is 0.433 e. The third kappa shape index (κ3) is 3.91. The van der Waals surface area contributed by atoms with Gasteiger partial charge in [-0.15, -0.1) is 0 Å². The molecule has 0 atom stereocenters. The van der Waals surface area contributed by atoms with Crippen molar-refractivity contribution in [2.75, 3.05) is 18.0 Å². The maximum atomic E-state index is 13.2. The van der Waals surface area contributed by atoms with E-state index in [1.165, 1.54) is 12.1 Å². The van der Waals surface area contributed by atoms with Gasteiger partial charge in [-0.3, -0.25) is 0 Å². The number of alkyl halides is 6. The van der Waals surface area contributed by atoms with E-state index in [2.05, 4.69) is 9.97 Å². The molecule has 0 aliphatic carbocycles. The summed E-state index contributed by atoms with van der Waals surface area (Å²) in [4.78, 5) is 8.97. The predicted molar refractivity (Wildman–Crippen MR) is 82.7 cm³/mol. The van der Waals surface area contributed by atoms with E-state index in [0.717, 1.165) is 18.3 Å². The average molecular weight is 375 g/mol. The van der Waals surface area contributed by atoms with Crippen molar-refractivity contribution >= 4 is 5.95 Å². The molecule has 0 amide bonds. The molecule has 9 heteroatoms. The Kier molecular flexibility index (Phi) is 4.81. The maximum absolute atomic E-state index is 13.2. The lowest BCUT2D eigenvalue weighted by atomic mass is 9.86. The van der Waals surface area contributed by atoms with Crippen molar-refractivity contribution in [2.24, 2.45) is 0 Å². The normalized spacial score (nSPS) is 16.8. The minimum atomic E-state index is -4.57. The summed E-state index contributed by atoms with van der Waals surface area (Å²) < 4.78 is 77.8. The fourth-order valence-corrected chi connectivity index (χ4v) is 3.16. The molecule has 140 valence electrons. The predicted octanol–water partition coefficient (Wildman–Crippen LogP) is 4.90. The molecule has 0 N–H and O–H groups in total. The van der Waals surface area contributed by atoms with E-state index in [-0.39, 0.29) is 30.5 Å². The van der Waals surface area contributed by atoms with Crippen molar-refractivity contribution in [1.82, 2.24) is 9.97 Å². The number of rotatable bonds is 2. The van der Waals surface area contributed by atoms with E-state index >= 15 is 0 Å². The van der Waals surface area contributed by atoms with Crippen molar-refractivity contribution in [2.45, 2.75) is 31.1 Å². The van der Waals surface area contributed by atoms with Gasteiger partial charge in [0.2, 0.25) is 5.95 Å². The van der Waals surface area contributed by atoms with E-state index < -0.39 is 23.6 Å². The summed E-state index contributed by atoms with van der Waals surface area (Å²) in [6.45, 7) is 0.580. The van der Waals surface area contributed by atoms with Crippen LogP contribution in [-0.4, -0.2) is 23.1 Å². The van der Waals surface area contributed by atoms with Crippen molar-refractivity contribution < 1.29 is 26.3 Å². The molecule has 1 fully saturated rings. The molecule has 1 aliphatic rings. The molecule has 0 unspecified atom stereocenters. The summed E-state index contributed by atoms with van der Waals surface area (Å²) in [5.41, 5.74) is -1.47. The first-order valence-electron chi connectivity index (χ1n) is 7.97. The van der Waals surface area contributed by atoms with Gasteiger partial charge in [-0.2, -0.15) is 26.3 Å². The molecule has 1 aromatic heterocycles. The van der Waals surface area contributed by atoms with E-state index in [4.69, 9.17) is 0 Å². The van der Waals surface area contributed by atoms with Crippen LogP contribution in [0.2, 0.25) is 0 Å². The quantitative estimate of drug-likeness (QED) is 0.700. The van der Waals surface area contributed by atoms with Gasteiger partial charge in [0.25, 0.3) is 0 Å². The number of hydrogen-bond donors (Lipinski definition) is 0. The molecule has 0 saturated carbocycles. The zero-order valence-corrected chi connectivity index (χ0v) is 13.5. The second-order valence-corrected chi connectivity index (χ2v) is 6.09. The van der Waals surface area contributed by atoms with Crippen molar-refractivity contribution in [3.8, 4) is 0 Å². The van der Waals surface area contributed by atoms with E-state index in [0.29, 0.717) is 12.8 Å². The molecule has 3 nitrogen and oxygen atoms in total. The lowest BCUT2D eigenvalue weighted by molar-refractivity contribution is -0.141. The number of piperidine rings is 1. The van der Waals surface area contributed by atoms with Gasteiger partial charge in [-0.1, -0.05) is 18.2 Å². The topological polar surface area (TPSA) is 29.0 Å². The van der Waals surface area contributed by atoms with Crippen LogP contribution in [0.4, 0.5) is 32.3 Å². The third-order valence-electron chi connectivity index (χ3n) is 4.42. The molecule has 0 radical (unpaired) electrons. The van der Waals surface area contributed by atoms with E-state index in [1.807, 2.05) is 0 Å².